The van der Waals surface area contributed by atoms with Crippen molar-refractivity contribution in [2.24, 2.45) is 5.92 Å². The van der Waals surface area contributed by atoms with E-state index in [0.29, 0.717) is 25.6 Å². The van der Waals surface area contributed by atoms with Crippen molar-refractivity contribution >= 4 is 22.6 Å². The van der Waals surface area contributed by atoms with Crippen LogP contribution in [0.3, 0.4) is 0 Å². The summed E-state index contributed by atoms with van der Waals surface area (Å²) in [6.45, 7) is 3.40. The Balaban J connectivity index is 0.00000128. The molecule has 0 aromatic heterocycles. The van der Waals surface area contributed by atoms with Crippen molar-refractivity contribution in [3.63, 3.8) is 0 Å². The number of nitrogens with zero attached hydrogens (tertiary/aromatic N) is 2. The molecule has 7 heteroatoms. The molecule has 0 aromatic rings. The maximum Gasteiger partial charge on any atom is 0.281 e. The SMILES string of the molecule is CN(CC1CC1)S(=O)(=O)N1CCNCC1.Cl. The van der Waals surface area contributed by atoms with Crippen molar-refractivity contribution in [2.75, 3.05) is 39.8 Å². The first-order valence-electron chi connectivity index (χ1n) is 5.53. The number of hydrogen-bond donors (Lipinski definition) is 1. The first-order chi connectivity index (χ1) is 7.10. The third-order valence-electron chi connectivity index (χ3n) is 3.01. The summed E-state index contributed by atoms with van der Waals surface area (Å²) in [6.07, 6.45) is 2.36. The molecule has 2 rings (SSSR count). The third-order valence-corrected chi connectivity index (χ3v) is 4.96. The predicted octanol–water partition coefficient (Wildman–Crippen LogP) is -0.100. The van der Waals surface area contributed by atoms with Gasteiger partial charge in [0, 0.05) is 39.8 Å². The van der Waals surface area contributed by atoms with Crippen molar-refractivity contribution < 1.29 is 8.42 Å². The van der Waals surface area contributed by atoms with Gasteiger partial charge in [0.05, 0.1) is 0 Å². The van der Waals surface area contributed by atoms with E-state index in [1.54, 1.807) is 11.4 Å². The second-order valence-corrected chi connectivity index (χ2v) is 6.42. The number of rotatable bonds is 4. The molecule has 0 bridgehead atoms. The summed E-state index contributed by atoms with van der Waals surface area (Å²) in [7, 11) is -1.50. The standard InChI is InChI=1S/C9H19N3O2S.ClH/c1-11(8-9-2-3-9)15(13,14)12-6-4-10-5-7-12;/h9-10H,2-8H2,1H3;1H. The third kappa shape index (κ3) is 3.30. The van der Waals surface area contributed by atoms with E-state index < -0.39 is 10.2 Å². The Labute approximate surface area is 104 Å². The predicted molar refractivity (Wildman–Crippen MR) is 66.0 cm³/mol. The van der Waals surface area contributed by atoms with Crippen molar-refractivity contribution in [1.82, 2.24) is 13.9 Å². The average molecular weight is 270 g/mol. The molecule has 0 amide bonds. The van der Waals surface area contributed by atoms with Gasteiger partial charge in [0.25, 0.3) is 10.2 Å². The zero-order chi connectivity index (χ0) is 10.9. The van der Waals surface area contributed by atoms with Gasteiger partial charge in [-0.2, -0.15) is 17.0 Å². The van der Waals surface area contributed by atoms with Gasteiger partial charge in [-0.1, -0.05) is 0 Å². The molecule has 0 radical (unpaired) electrons. The van der Waals surface area contributed by atoms with Gasteiger partial charge in [-0.15, -0.1) is 12.4 Å². The molecule has 1 heterocycles. The summed E-state index contributed by atoms with van der Waals surface area (Å²) in [5, 5.41) is 3.15. The van der Waals surface area contributed by atoms with E-state index in [0.717, 1.165) is 13.1 Å². The summed E-state index contributed by atoms with van der Waals surface area (Å²) in [5.41, 5.74) is 0. The Kier molecular flexibility index (Phi) is 5.00. The van der Waals surface area contributed by atoms with Crippen molar-refractivity contribution in [3.8, 4) is 0 Å². The van der Waals surface area contributed by atoms with Gasteiger partial charge in [0.2, 0.25) is 0 Å². The van der Waals surface area contributed by atoms with Crippen LogP contribution in [0, 0.1) is 5.92 Å². The smallest absolute Gasteiger partial charge is 0.281 e. The lowest BCUT2D eigenvalue weighted by molar-refractivity contribution is 0.323. The molecule has 1 N–H and O–H groups in total. The van der Waals surface area contributed by atoms with E-state index in [9.17, 15) is 8.42 Å². The molecule has 1 aliphatic heterocycles. The van der Waals surface area contributed by atoms with Crippen LogP contribution in [-0.4, -0.2) is 56.8 Å². The van der Waals surface area contributed by atoms with Gasteiger partial charge in [-0.25, -0.2) is 0 Å². The van der Waals surface area contributed by atoms with E-state index in [4.69, 9.17) is 0 Å². The molecule has 0 spiro atoms. The Hall–Kier alpha value is 0.120. The minimum atomic E-state index is -3.19. The molecule has 1 saturated carbocycles. The van der Waals surface area contributed by atoms with Gasteiger partial charge < -0.3 is 5.32 Å². The molecular formula is C9H20ClN3O2S. The molecule has 0 aromatic carbocycles. The topological polar surface area (TPSA) is 52.7 Å². The summed E-state index contributed by atoms with van der Waals surface area (Å²) < 4.78 is 27.2. The Morgan fingerprint density at radius 1 is 1.31 bits per heavy atom. The molecule has 0 unspecified atom stereocenters. The monoisotopic (exact) mass is 269 g/mol. The van der Waals surface area contributed by atoms with E-state index >= 15 is 0 Å². The zero-order valence-electron chi connectivity index (χ0n) is 9.55. The van der Waals surface area contributed by atoms with Gasteiger partial charge in [0.1, 0.15) is 0 Å². The zero-order valence-corrected chi connectivity index (χ0v) is 11.2. The Morgan fingerprint density at radius 2 is 1.88 bits per heavy atom. The first kappa shape index (κ1) is 14.2. The maximum absolute atomic E-state index is 12.1. The van der Waals surface area contributed by atoms with Crippen LogP contribution < -0.4 is 5.32 Å². The summed E-state index contributed by atoms with van der Waals surface area (Å²) >= 11 is 0. The molecule has 5 nitrogen and oxygen atoms in total. The summed E-state index contributed by atoms with van der Waals surface area (Å²) in [6, 6.07) is 0. The normalized spacial score (nSPS) is 23.1. The minimum Gasteiger partial charge on any atom is -0.314 e. The summed E-state index contributed by atoms with van der Waals surface area (Å²) in [4.78, 5) is 0. The van der Waals surface area contributed by atoms with Crippen molar-refractivity contribution in [2.45, 2.75) is 12.8 Å². The fourth-order valence-corrected chi connectivity index (χ4v) is 3.27. The molecular weight excluding hydrogens is 250 g/mol. The van der Waals surface area contributed by atoms with Crippen LogP contribution in [0.15, 0.2) is 0 Å². The lowest BCUT2D eigenvalue weighted by Crippen LogP contribution is -2.51. The van der Waals surface area contributed by atoms with Gasteiger partial charge >= 0.3 is 0 Å². The lowest BCUT2D eigenvalue weighted by atomic mass is 10.4. The maximum atomic E-state index is 12.1. The molecule has 96 valence electrons. The highest BCUT2D eigenvalue weighted by Gasteiger charge is 2.32. The van der Waals surface area contributed by atoms with Gasteiger partial charge in [0.15, 0.2) is 0 Å². The van der Waals surface area contributed by atoms with Crippen molar-refractivity contribution in [3.05, 3.63) is 0 Å². The van der Waals surface area contributed by atoms with Crippen LogP contribution in [0.4, 0.5) is 0 Å². The highest BCUT2D eigenvalue weighted by Crippen LogP contribution is 2.30. The Morgan fingerprint density at radius 3 is 2.38 bits per heavy atom. The van der Waals surface area contributed by atoms with E-state index in [2.05, 4.69) is 5.32 Å². The minimum absolute atomic E-state index is 0. The number of piperazine rings is 1. The van der Waals surface area contributed by atoms with E-state index in [1.807, 2.05) is 0 Å². The van der Waals surface area contributed by atoms with Gasteiger partial charge in [-0.3, -0.25) is 0 Å². The molecule has 16 heavy (non-hydrogen) atoms. The lowest BCUT2D eigenvalue weighted by Gasteiger charge is -2.30. The fraction of sp³-hybridized carbons (Fsp3) is 1.00. The highest BCUT2D eigenvalue weighted by atomic mass is 35.5. The van der Waals surface area contributed by atoms with Crippen LogP contribution in [0.5, 0.6) is 0 Å². The second kappa shape index (κ2) is 5.64. The first-order valence-corrected chi connectivity index (χ1v) is 6.92. The fourth-order valence-electron chi connectivity index (χ4n) is 1.83. The highest BCUT2D eigenvalue weighted by molar-refractivity contribution is 7.86. The quantitative estimate of drug-likeness (QED) is 0.776. The molecule has 1 aliphatic carbocycles. The number of nitrogens with one attached hydrogen (secondary N) is 1. The number of halogens is 1. The number of hydrogen-bond acceptors (Lipinski definition) is 3. The van der Waals surface area contributed by atoms with Crippen LogP contribution in [-0.2, 0) is 10.2 Å². The molecule has 2 aliphatic rings. The van der Waals surface area contributed by atoms with E-state index in [1.165, 1.54) is 17.1 Å². The van der Waals surface area contributed by atoms with Crippen molar-refractivity contribution in [1.29, 1.82) is 0 Å². The Bertz CT molecular complexity index is 313. The average Bonchev–Trinajstić information content (AvgIpc) is 3.03. The van der Waals surface area contributed by atoms with Crippen LogP contribution >= 0.6 is 12.4 Å². The van der Waals surface area contributed by atoms with Crippen LogP contribution in [0.25, 0.3) is 0 Å². The summed E-state index contributed by atoms with van der Waals surface area (Å²) in [5.74, 6) is 0.604. The van der Waals surface area contributed by atoms with Crippen LogP contribution in [0.1, 0.15) is 12.8 Å². The largest absolute Gasteiger partial charge is 0.314 e. The molecule has 1 saturated heterocycles. The van der Waals surface area contributed by atoms with Gasteiger partial charge in [-0.05, 0) is 18.8 Å². The molecule has 2 fully saturated rings. The second-order valence-electron chi connectivity index (χ2n) is 4.38. The van der Waals surface area contributed by atoms with E-state index in [-0.39, 0.29) is 12.4 Å². The van der Waals surface area contributed by atoms with Crippen LogP contribution in [0.2, 0.25) is 0 Å². The molecule has 0 atom stereocenters.